The molecule has 0 radical (unpaired) electrons. The van der Waals surface area contributed by atoms with E-state index >= 15 is 0 Å². The second-order valence-corrected chi connectivity index (χ2v) is 4.85. The maximum atomic E-state index is 11.4. The summed E-state index contributed by atoms with van der Waals surface area (Å²) >= 11 is 0. The van der Waals surface area contributed by atoms with Crippen LogP contribution in [0.5, 0.6) is 0 Å². The lowest BCUT2D eigenvalue weighted by molar-refractivity contribution is -0.121. The maximum absolute atomic E-state index is 11.4. The van der Waals surface area contributed by atoms with Gasteiger partial charge < -0.3 is 10.6 Å². The molecule has 16 heavy (non-hydrogen) atoms. The highest BCUT2D eigenvalue weighted by Crippen LogP contribution is 2.08. The topological polar surface area (TPSA) is 41.1 Å². The van der Waals surface area contributed by atoms with E-state index in [9.17, 15) is 4.79 Å². The van der Waals surface area contributed by atoms with E-state index in [0.717, 1.165) is 38.9 Å². The van der Waals surface area contributed by atoms with Crippen molar-refractivity contribution >= 4 is 5.91 Å². The van der Waals surface area contributed by atoms with E-state index in [2.05, 4.69) is 30.6 Å². The van der Waals surface area contributed by atoms with E-state index in [0.29, 0.717) is 12.3 Å². The highest BCUT2D eigenvalue weighted by Gasteiger charge is 2.05. The lowest BCUT2D eigenvalue weighted by Crippen LogP contribution is -2.26. The molecule has 0 saturated heterocycles. The molecule has 1 rings (SSSR count). The number of hydrogen-bond donors (Lipinski definition) is 2. The Bertz CT molecular complexity index is 246. The van der Waals surface area contributed by atoms with Gasteiger partial charge in [-0.25, -0.2) is 0 Å². The van der Waals surface area contributed by atoms with Crippen LogP contribution in [0.2, 0.25) is 0 Å². The fourth-order valence-electron chi connectivity index (χ4n) is 1.77. The molecular formula is C13H24N2O. The molecule has 0 aromatic carbocycles. The van der Waals surface area contributed by atoms with Gasteiger partial charge in [-0.3, -0.25) is 4.79 Å². The van der Waals surface area contributed by atoms with Crippen molar-refractivity contribution in [3.8, 4) is 0 Å². The van der Waals surface area contributed by atoms with Crippen LogP contribution in [0.1, 0.15) is 39.5 Å². The molecule has 0 fully saturated rings. The van der Waals surface area contributed by atoms with Crippen LogP contribution in [0.15, 0.2) is 11.6 Å². The van der Waals surface area contributed by atoms with Crippen molar-refractivity contribution in [2.24, 2.45) is 5.92 Å². The molecule has 0 atom stereocenters. The van der Waals surface area contributed by atoms with E-state index in [1.807, 2.05) is 0 Å². The Labute approximate surface area is 98.7 Å². The first-order valence-corrected chi connectivity index (χ1v) is 6.34. The van der Waals surface area contributed by atoms with E-state index in [-0.39, 0.29) is 5.91 Å². The largest absolute Gasteiger partial charge is 0.356 e. The number of amides is 1. The Morgan fingerprint density at radius 1 is 1.56 bits per heavy atom. The molecule has 92 valence electrons. The van der Waals surface area contributed by atoms with Gasteiger partial charge >= 0.3 is 0 Å². The van der Waals surface area contributed by atoms with Gasteiger partial charge in [0.2, 0.25) is 5.91 Å². The summed E-state index contributed by atoms with van der Waals surface area (Å²) in [5.74, 6) is 0.807. The van der Waals surface area contributed by atoms with Crippen molar-refractivity contribution in [2.45, 2.75) is 39.5 Å². The van der Waals surface area contributed by atoms with Crippen LogP contribution in [0.4, 0.5) is 0 Å². The van der Waals surface area contributed by atoms with Gasteiger partial charge in [0.25, 0.3) is 0 Å². The molecular weight excluding hydrogens is 200 g/mol. The van der Waals surface area contributed by atoms with Crippen LogP contribution in [0, 0.1) is 5.92 Å². The second kappa shape index (κ2) is 7.44. The van der Waals surface area contributed by atoms with Gasteiger partial charge in [0.1, 0.15) is 0 Å². The lowest BCUT2D eigenvalue weighted by atomic mass is 10.1. The van der Waals surface area contributed by atoms with Crippen molar-refractivity contribution in [3.63, 3.8) is 0 Å². The third-order valence-corrected chi connectivity index (χ3v) is 2.87. The van der Waals surface area contributed by atoms with Gasteiger partial charge in [0.05, 0.1) is 0 Å². The van der Waals surface area contributed by atoms with Gasteiger partial charge in [0, 0.05) is 19.5 Å². The zero-order valence-corrected chi connectivity index (χ0v) is 10.5. The minimum atomic E-state index is 0.197. The first-order valence-electron chi connectivity index (χ1n) is 6.34. The van der Waals surface area contributed by atoms with E-state index in [1.165, 1.54) is 5.57 Å². The highest BCUT2D eigenvalue weighted by molar-refractivity contribution is 5.75. The molecule has 3 nitrogen and oxygen atoms in total. The molecule has 2 N–H and O–H groups in total. The fourth-order valence-corrected chi connectivity index (χ4v) is 1.77. The summed E-state index contributed by atoms with van der Waals surface area (Å²) in [6.07, 6.45) is 6.03. The highest BCUT2D eigenvalue weighted by atomic mass is 16.1. The van der Waals surface area contributed by atoms with Gasteiger partial charge in [-0.15, -0.1) is 0 Å². The lowest BCUT2D eigenvalue weighted by Gasteiger charge is -2.14. The summed E-state index contributed by atoms with van der Waals surface area (Å²) < 4.78 is 0. The average molecular weight is 224 g/mol. The van der Waals surface area contributed by atoms with Gasteiger partial charge in [-0.05, 0) is 31.7 Å². The zero-order valence-electron chi connectivity index (χ0n) is 10.5. The summed E-state index contributed by atoms with van der Waals surface area (Å²) in [5.41, 5.74) is 1.47. The molecule has 0 aliphatic carbocycles. The van der Waals surface area contributed by atoms with Gasteiger partial charge in [0.15, 0.2) is 0 Å². The Morgan fingerprint density at radius 3 is 3.00 bits per heavy atom. The van der Waals surface area contributed by atoms with Gasteiger partial charge in [-0.1, -0.05) is 25.5 Å². The number of carbonyl (C=O) groups excluding carboxylic acids is 1. The van der Waals surface area contributed by atoms with Crippen LogP contribution < -0.4 is 10.6 Å². The normalized spacial score (nSPS) is 16.1. The molecule has 0 spiro atoms. The van der Waals surface area contributed by atoms with E-state index in [1.54, 1.807) is 0 Å². The van der Waals surface area contributed by atoms with Crippen molar-refractivity contribution < 1.29 is 4.79 Å². The smallest absolute Gasteiger partial charge is 0.220 e. The Morgan fingerprint density at radius 2 is 2.38 bits per heavy atom. The molecule has 0 aromatic heterocycles. The fraction of sp³-hybridized carbons (Fsp3) is 0.769. The third kappa shape index (κ3) is 5.91. The quantitative estimate of drug-likeness (QED) is 0.676. The number of rotatable bonds is 6. The van der Waals surface area contributed by atoms with Crippen molar-refractivity contribution in [1.29, 1.82) is 0 Å². The first-order chi connectivity index (χ1) is 7.68. The summed E-state index contributed by atoms with van der Waals surface area (Å²) in [6, 6.07) is 0. The number of hydrogen-bond acceptors (Lipinski definition) is 2. The second-order valence-electron chi connectivity index (χ2n) is 4.85. The van der Waals surface area contributed by atoms with Crippen molar-refractivity contribution in [3.05, 3.63) is 11.6 Å². The molecule has 0 saturated carbocycles. The van der Waals surface area contributed by atoms with Gasteiger partial charge in [-0.2, -0.15) is 0 Å². The van der Waals surface area contributed by atoms with Crippen LogP contribution >= 0.6 is 0 Å². The monoisotopic (exact) mass is 224 g/mol. The first kappa shape index (κ1) is 13.2. The predicted octanol–water partition coefficient (Wildman–Crippen LogP) is 1.85. The maximum Gasteiger partial charge on any atom is 0.220 e. The van der Waals surface area contributed by atoms with Crippen LogP contribution in [-0.2, 0) is 4.79 Å². The standard InChI is InChI=1S/C13H24N2O/c1-11(2)3-4-13(16)15-10-7-12-5-8-14-9-6-12/h5,11,14H,3-4,6-10H2,1-2H3,(H,15,16). The minimum Gasteiger partial charge on any atom is -0.356 e. The van der Waals surface area contributed by atoms with Crippen molar-refractivity contribution in [2.75, 3.05) is 19.6 Å². The molecule has 0 unspecified atom stereocenters. The minimum absolute atomic E-state index is 0.197. The summed E-state index contributed by atoms with van der Waals surface area (Å²) in [5, 5.41) is 6.27. The van der Waals surface area contributed by atoms with E-state index in [4.69, 9.17) is 0 Å². The number of carbonyl (C=O) groups is 1. The summed E-state index contributed by atoms with van der Waals surface area (Å²) in [6.45, 7) is 7.15. The average Bonchev–Trinajstić information content (AvgIpc) is 2.28. The molecule has 1 aliphatic heterocycles. The Balaban J connectivity index is 2.05. The molecule has 0 aromatic rings. The van der Waals surface area contributed by atoms with Crippen LogP contribution in [0.3, 0.4) is 0 Å². The molecule has 1 aliphatic rings. The molecule has 1 amide bonds. The third-order valence-electron chi connectivity index (χ3n) is 2.87. The predicted molar refractivity (Wildman–Crippen MR) is 67.3 cm³/mol. The number of nitrogens with one attached hydrogen (secondary N) is 2. The Kier molecular flexibility index (Phi) is 6.16. The van der Waals surface area contributed by atoms with E-state index < -0.39 is 0 Å². The zero-order chi connectivity index (χ0) is 11.8. The molecule has 1 heterocycles. The molecule has 0 bridgehead atoms. The van der Waals surface area contributed by atoms with Crippen LogP contribution in [0.25, 0.3) is 0 Å². The van der Waals surface area contributed by atoms with Crippen molar-refractivity contribution in [1.82, 2.24) is 10.6 Å². The molecule has 3 heteroatoms. The summed E-state index contributed by atoms with van der Waals surface area (Å²) in [7, 11) is 0. The van der Waals surface area contributed by atoms with Crippen LogP contribution in [-0.4, -0.2) is 25.5 Å². The SMILES string of the molecule is CC(C)CCC(=O)NCCC1=CCNCC1. The summed E-state index contributed by atoms with van der Waals surface area (Å²) in [4.78, 5) is 11.4. The Hall–Kier alpha value is -0.830.